The molecule has 4 fully saturated rings. The molecule has 3 heterocycles. The van der Waals surface area contributed by atoms with Gasteiger partial charge in [0.25, 0.3) is 0 Å². The molecule has 124 valence electrons. The van der Waals surface area contributed by atoms with Crippen LogP contribution in [0.25, 0.3) is 0 Å². The van der Waals surface area contributed by atoms with Crippen LogP contribution in [0.15, 0.2) is 0 Å². The van der Waals surface area contributed by atoms with E-state index in [4.69, 9.17) is 4.74 Å². The normalized spacial score (nSPS) is 32.5. The first kappa shape index (κ1) is 14.9. The highest BCUT2D eigenvalue weighted by Gasteiger charge is 2.49. The Labute approximate surface area is 134 Å². The van der Waals surface area contributed by atoms with Crippen molar-refractivity contribution in [3.05, 3.63) is 0 Å². The summed E-state index contributed by atoms with van der Waals surface area (Å²) in [5, 5.41) is 0. The maximum atomic E-state index is 12.2. The van der Waals surface area contributed by atoms with Crippen LogP contribution in [0.2, 0.25) is 0 Å². The van der Waals surface area contributed by atoms with Crippen molar-refractivity contribution in [2.75, 3.05) is 39.3 Å². The van der Waals surface area contributed by atoms with E-state index in [0.717, 1.165) is 39.0 Å². The Morgan fingerprint density at radius 2 is 1.82 bits per heavy atom. The van der Waals surface area contributed by atoms with E-state index in [1.807, 2.05) is 0 Å². The van der Waals surface area contributed by atoms with Gasteiger partial charge in [-0.05, 0) is 57.5 Å². The van der Waals surface area contributed by atoms with Gasteiger partial charge in [-0.15, -0.1) is 0 Å². The van der Waals surface area contributed by atoms with E-state index in [1.54, 1.807) is 0 Å². The number of carbonyl (C=O) groups excluding carboxylic acids is 1. The van der Waals surface area contributed by atoms with Crippen LogP contribution >= 0.6 is 0 Å². The van der Waals surface area contributed by atoms with Gasteiger partial charge in [0.1, 0.15) is 5.60 Å². The van der Waals surface area contributed by atoms with Crippen LogP contribution in [0, 0.1) is 11.8 Å². The number of amides is 1. The van der Waals surface area contributed by atoms with Crippen LogP contribution in [-0.2, 0) is 9.53 Å². The monoisotopic (exact) mass is 306 g/mol. The Hall–Kier alpha value is -0.610. The van der Waals surface area contributed by atoms with Crippen LogP contribution in [-0.4, -0.2) is 60.6 Å². The molecule has 4 nitrogen and oxygen atoms in total. The zero-order valence-electron chi connectivity index (χ0n) is 13.8. The van der Waals surface area contributed by atoms with Gasteiger partial charge in [-0.1, -0.05) is 12.8 Å². The van der Waals surface area contributed by atoms with Gasteiger partial charge in [0.15, 0.2) is 0 Å². The molecule has 4 aliphatic rings. The largest absolute Gasteiger partial charge is 0.371 e. The van der Waals surface area contributed by atoms with Crippen LogP contribution in [0.4, 0.5) is 0 Å². The molecule has 1 spiro atoms. The Morgan fingerprint density at radius 1 is 1.05 bits per heavy atom. The molecular formula is C18H30N2O2. The smallest absolute Gasteiger partial charge is 0.225 e. The highest BCUT2D eigenvalue weighted by atomic mass is 16.5. The first-order valence-electron chi connectivity index (χ1n) is 9.39. The summed E-state index contributed by atoms with van der Waals surface area (Å²) in [5.41, 5.74) is 0.0256. The number of ether oxygens (including phenoxy) is 1. The quantitative estimate of drug-likeness (QED) is 0.802. The maximum Gasteiger partial charge on any atom is 0.225 e. The number of carbonyl (C=O) groups is 1. The van der Waals surface area contributed by atoms with Gasteiger partial charge < -0.3 is 14.5 Å². The average molecular weight is 306 g/mol. The highest BCUT2D eigenvalue weighted by molar-refractivity contribution is 5.80. The summed E-state index contributed by atoms with van der Waals surface area (Å²) in [6, 6.07) is 0. The molecule has 0 aromatic carbocycles. The van der Waals surface area contributed by atoms with Crippen molar-refractivity contribution in [3.8, 4) is 0 Å². The molecule has 1 saturated carbocycles. The number of piperidine rings is 1. The maximum absolute atomic E-state index is 12.2. The van der Waals surface area contributed by atoms with Crippen molar-refractivity contribution in [2.24, 2.45) is 11.8 Å². The van der Waals surface area contributed by atoms with Gasteiger partial charge >= 0.3 is 0 Å². The molecule has 1 atom stereocenters. The van der Waals surface area contributed by atoms with Crippen molar-refractivity contribution in [1.82, 2.24) is 9.80 Å². The molecule has 3 aliphatic heterocycles. The second-order valence-electron chi connectivity index (χ2n) is 8.08. The number of hydrogen-bond acceptors (Lipinski definition) is 3. The van der Waals surface area contributed by atoms with Gasteiger partial charge in [0.2, 0.25) is 5.91 Å². The van der Waals surface area contributed by atoms with Crippen molar-refractivity contribution >= 4 is 5.91 Å². The Kier molecular flexibility index (Phi) is 4.16. The summed E-state index contributed by atoms with van der Waals surface area (Å²) in [4.78, 5) is 16.9. The summed E-state index contributed by atoms with van der Waals surface area (Å²) in [5.74, 6) is 1.45. The number of likely N-dealkylation sites (tertiary alicyclic amines) is 2. The summed E-state index contributed by atoms with van der Waals surface area (Å²) >= 11 is 0. The molecular weight excluding hydrogens is 276 g/mol. The molecule has 0 radical (unpaired) electrons. The van der Waals surface area contributed by atoms with E-state index in [-0.39, 0.29) is 5.60 Å². The molecule has 22 heavy (non-hydrogen) atoms. The van der Waals surface area contributed by atoms with Crippen LogP contribution < -0.4 is 0 Å². The van der Waals surface area contributed by atoms with Gasteiger partial charge in [0.05, 0.1) is 19.7 Å². The summed E-state index contributed by atoms with van der Waals surface area (Å²) in [6.45, 7) is 6.41. The second-order valence-corrected chi connectivity index (χ2v) is 8.08. The van der Waals surface area contributed by atoms with E-state index in [9.17, 15) is 4.79 Å². The lowest BCUT2D eigenvalue weighted by molar-refractivity contribution is -0.193. The van der Waals surface area contributed by atoms with Gasteiger partial charge in [-0.25, -0.2) is 0 Å². The van der Waals surface area contributed by atoms with E-state index in [0.29, 0.717) is 17.7 Å². The SMILES string of the molecule is O=C(C1CCC1)N1CC2(CC[C@H](CN3CCCCC3)CO2)C1. The number of nitrogens with zero attached hydrogens (tertiary/aromatic N) is 2. The first-order chi connectivity index (χ1) is 10.7. The molecule has 1 aliphatic carbocycles. The summed E-state index contributed by atoms with van der Waals surface area (Å²) < 4.78 is 6.25. The average Bonchev–Trinajstić information content (AvgIpc) is 2.45. The number of rotatable bonds is 3. The Bertz CT molecular complexity index is 399. The van der Waals surface area contributed by atoms with Gasteiger partial charge in [-0.3, -0.25) is 4.79 Å². The minimum absolute atomic E-state index is 0.0256. The minimum atomic E-state index is 0.0256. The lowest BCUT2D eigenvalue weighted by Crippen LogP contribution is -2.67. The van der Waals surface area contributed by atoms with Crippen molar-refractivity contribution < 1.29 is 9.53 Å². The molecule has 3 saturated heterocycles. The lowest BCUT2D eigenvalue weighted by atomic mass is 9.79. The molecule has 0 unspecified atom stereocenters. The fourth-order valence-electron chi connectivity index (χ4n) is 4.54. The molecule has 1 amide bonds. The zero-order valence-corrected chi connectivity index (χ0v) is 13.8. The lowest BCUT2D eigenvalue weighted by Gasteiger charge is -2.54. The van der Waals surface area contributed by atoms with Gasteiger partial charge in [0, 0.05) is 12.5 Å². The minimum Gasteiger partial charge on any atom is -0.371 e. The first-order valence-corrected chi connectivity index (χ1v) is 9.39. The molecule has 4 rings (SSSR count). The predicted molar refractivity (Wildman–Crippen MR) is 85.6 cm³/mol. The fourth-order valence-corrected chi connectivity index (χ4v) is 4.54. The Balaban J connectivity index is 1.20. The van der Waals surface area contributed by atoms with Crippen molar-refractivity contribution in [1.29, 1.82) is 0 Å². The standard InChI is InChI=1S/C18H30N2O2/c21-17(16-5-4-6-16)20-13-18(14-20)8-7-15(12-22-18)11-19-9-2-1-3-10-19/h15-16H,1-14H2/t15-/m1/s1. The molecule has 0 aromatic heterocycles. The van der Waals surface area contributed by atoms with Crippen molar-refractivity contribution in [3.63, 3.8) is 0 Å². The molecule has 0 aromatic rings. The topological polar surface area (TPSA) is 32.8 Å². The highest BCUT2D eigenvalue weighted by Crippen LogP contribution is 2.39. The van der Waals surface area contributed by atoms with E-state index in [1.165, 1.54) is 51.7 Å². The van der Waals surface area contributed by atoms with Crippen LogP contribution in [0.1, 0.15) is 51.4 Å². The fraction of sp³-hybridized carbons (Fsp3) is 0.944. The van der Waals surface area contributed by atoms with E-state index >= 15 is 0 Å². The zero-order chi connectivity index (χ0) is 15.0. The summed E-state index contributed by atoms with van der Waals surface area (Å²) in [7, 11) is 0. The molecule has 4 heteroatoms. The second kappa shape index (κ2) is 6.12. The van der Waals surface area contributed by atoms with E-state index in [2.05, 4.69) is 9.80 Å². The Morgan fingerprint density at radius 3 is 2.41 bits per heavy atom. The van der Waals surface area contributed by atoms with Gasteiger partial charge in [-0.2, -0.15) is 0 Å². The predicted octanol–water partition coefficient (Wildman–Crippen LogP) is 2.28. The third-order valence-electron chi connectivity index (χ3n) is 6.32. The van der Waals surface area contributed by atoms with E-state index < -0.39 is 0 Å². The summed E-state index contributed by atoms with van der Waals surface area (Å²) in [6.07, 6.45) is 10.0. The molecule has 0 N–H and O–H groups in total. The third-order valence-corrected chi connectivity index (χ3v) is 6.32. The number of hydrogen-bond donors (Lipinski definition) is 0. The van der Waals surface area contributed by atoms with Crippen LogP contribution in [0.3, 0.4) is 0 Å². The molecule has 0 bridgehead atoms. The van der Waals surface area contributed by atoms with Crippen LogP contribution in [0.5, 0.6) is 0 Å². The van der Waals surface area contributed by atoms with Crippen molar-refractivity contribution in [2.45, 2.75) is 57.0 Å². The third kappa shape index (κ3) is 2.92.